The van der Waals surface area contributed by atoms with Crippen LogP contribution in [0.1, 0.15) is 84.3 Å². The third-order valence-corrected chi connectivity index (χ3v) is 10.5. The van der Waals surface area contributed by atoms with Crippen molar-refractivity contribution in [3.05, 3.63) is 91.6 Å². The standard InChI is InChI=1S/C27H36N2.C3H5.ClH.Pd/c1-17(2)24-11-10-12-25(18(3)4)27(24)29-16-28(22(8)23(29)9)15-26-20(6)13-19(5)14-21(26)7;1-3-2;;/h10-14,17-18H,15H2,1-9H3;3H,1-2H2;1H;/q;;;-1/p-1. The number of halogens is 1. The van der Waals surface area contributed by atoms with Crippen LogP contribution in [0.4, 0.5) is 0 Å². The minimum absolute atomic E-state index is 0.422. The van der Waals surface area contributed by atoms with Gasteiger partial charge in [0.1, 0.15) is 0 Å². The molecule has 0 bridgehead atoms. The van der Waals surface area contributed by atoms with Crippen molar-refractivity contribution in [1.82, 2.24) is 9.13 Å². The Hall–Kier alpha value is -1.66. The predicted molar refractivity (Wildman–Crippen MR) is 145 cm³/mol. The van der Waals surface area contributed by atoms with Crippen molar-refractivity contribution in [3.63, 3.8) is 0 Å². The summed E-state index contributed by atoms with van der Waals surface area (Å²) in [5, 5.41) is 0. The molecular formula is C30H41ClN2Pd-2. The van der Waals surface area contributed by atoms with Gasteiger partial charge in [0.05, 0.1) is 0 Å². The van der Waals surface area contributed by atoms with Crippen LogP contribution in [-0.2, 0) is 21.8 Å². The molecule has 0 radical (unpaired) electrons. The first-order valence-electron chi connectivity index (χ1n) is 12.1. The van der Waals surface area contributed by atoms with E-state index in [0.29, 0.717) is 11.8 Å². The van der Waals surface area contributed by atoms with Crippen LogP contribution in [0, 0.1) is 38.5 Å². The molecule has 3 rings (SSSR count). The van der Waals surface area contributed by atoms with Gasteiger partial charge in [-0.25, -0.2) is 0 Å². The molecule has 0 saturated heterocycles. The summed E-state index contributed by atoms with van der Waals surface area (Å²) in [6.07, 6.45) is 1.99. The van der Waals surface area contributed by atoms with Gasteiger partial charge in [0.15, 0.2) is 0 Å². The van der Waals surface area contributed by atoms with Crippen molar-refractivity contribution in [2.45, 2.75) is 85.6 Å². The fraction of sp³-hybridized carbons (Fsp3) is 0.433. The van der Waals surface area contributed by atoms with Gasteiger partial charge in [0.2, 0.25) is 0 Å². The van der Waals surface area contributed by atoms with Crippen LogP contribution in [-0.4, -0.2) is 9.13 Å². The topological polar surface area (TPSA) is 9.86 Å². The number of hydrogen-bond donors (Lipinski definition) is 0. The first kappa shape index (κ1) is 26.9. The number of hydrogen-bond acceptors (Lipinski definition) is 0. The third kappa shape index (κ3) is 5.13. The Morgan fingerprint density at radius 2 is 1.44 bits per heavy atom. The van der Waals surface area contributed by atoms with Crippen molar-refractivity contribution in [3.8, 4) is 5.69 Å². The molecule has 3 aromatic rings. The van der Waals surface area contributed by atoms with E-state index < -0.39 is 15.3 Å². The molecule has 0 aliphatic heterocycles. The number of imidazole rings is 1. The molecule has 0 N–H and O–H groups in total. The summed E-state index contributed by atoms with van der Waals surface area (Å²) >= 11 is -1.56. The molecule has 0 aliphatic carbocycles. The number of nitrogens with zero attached hydrogens (tertiary/aromatic N) is 2. The van der Waals surface area contributed by atoms with E-state index in [4.69, 9.17) is 9.53 Å². The van der Waals surface area contributed by atoms with Gasteiger partial charge in [-0.2, -0.15) is 0 Å². The summed E-state index contributed by atoms with van der Waals surface area (Å²) in [7, 11) is 7.29. The molecule has 0 saturated carbocycles. The summed E-state index contributed by atoms with van der Waals surface area (Å²) in [4.78, 5) is 0.836. The number of aryl methyl sites for hydroxylation is 3. The van der Waals surface area contributed by atoms with Crippen LogP contribution < -0.4 is 0 Å². The third-order valence-electron chi connectivity index (χ3n) is 6.72. The molecule has 0 aliphatic rings. The Kier molecular flexibility index (Phi) is 8.67. The van der Waals surface area contributed by atoms with Gasteiger partial charge >= 0.3 is 217 Å². The fourth-order valence-electron chi connectivity index (χ4n) is 4.86. The van der Waals surface area contributed by atoms with Crippen molar-refractivity contribution in [2.75, 3.05) is 0 Å². The van der Waals surface area contributed by atoms with Gasteiger partial charge < -0.3 is 0 Å². The number of benzene rings is 2. The number of allylic oxidation sites excluding steroid dienone is 1. The van der Waals surface area contributed by atoms with Gasteiger partial charge in [-0.05, 0) is 0 Å². The molecule has 2 aromatic carbocycles. The first-order chi connectivity index (χ1) is 16.0. The van der Waals surface area contributed by atoms with Crippen LogP contribution in [0.3, 0.4) is 0 Å². The summed E-state index contributed by atoms with van der Waals surface area (Å²) in [6.45, 7) is 25.2. The molecule has 0 spiro atoms. The summed E-state index contributed by atoms with van der Waals surface area (Å²) in [5.74, 6) is 0.844. The Morgan fingerprint density at radius 3 is 1.91 bits per heavy atom. The molecule has 1 aromatic heterocycles. The predicted octanol–water partition coefficient (Wildman–Crippen LogP) is 9.02. The Balaban J connectivity index is 2.47. The van der Waals surface area contributed by atoms with Crippen molar-refractivity contribution < 1.29 is 15.3 Å². The molecule has 0 amide bonds. The van der Waals surface area contributed by atoms with E-state index in [9.17, 15) is 0 Å². The molecule has 1 heterocycles. The first-order valence-corrected chi connectivity index (χ1v) is 16.0. The van der Waals surface area contributed by atoms with Crippen molar-refractivity contribution in [1.29, 1.82) is 0 Å². The van der Waals surface area contributed by atoms with E-state index >= 15 is 0 Å². The molecule has 2 nitrogen and oxygen atoms in total. The van der Waals surface area contributed by atoms with Crippen LogP contribution in [0.5, 0.6) is 0 Å². The van der Waals surface area contributed by atoms with E-state index in [1.165, 1.54) is 54.3 Å². The molecular weight excluding hydrogens is 530 g/mol. The molecule has 34 heavy (non-hydrogen) atoms. The van der Waals surface area contributed by atoms with E-state index in [-0.39, 0.29) is 0 Å². The Labute approximate surface area is 216 Å². The monoisotopic (exact) mass is 570 g/mol. The zero-order valence-electron chi connectivity index (χ0n) is 22.3. The fourth-order valence-corrected chi connectivity index (χ4v) is 8.30. The normalized spacial score (nSPS) is 13.6. The van der Waals surface area contributed by atoms with Gasteiger partial charge in [-0.3, -0.25) is 0 Å². The van der Waals surface area contributed by atoms with Crippen molar-refractivity contribution in [2.24, 2.45) is 0 Å². The molecule has 0 unspecified atom stereocenters. The average Bonchev–Trinajstić information content (AvgIpc) is 3.00. The molecule has 190 valence electrons. The second-order valence-corrected chi connectivity index (χ2v) is 14.3. The van der Waals surface area contributed by atoms with Crippen LogP contribution in [0.25, 0.3) is 5.69 Å². The summed E-state index contributed by atoms with van der Waals surface area (Å²) in [5.41, 5.74) is 12.1. The maximum atomic E-state index is 7.29. The van der Waals surface area contributed by atoms with Gasteiger partial charge in [-0.1, -0.05) is 0 Å². The quantitative estimate of drug-likeness (QED) is 0.198. The van der Waals surface area contributed by atoms with E-state index in [2.05, 4.69) is 108 Å². The van der Waals surface area contributed by atoms with Crippen LogP contribution in [0.15, 0.2) is 43.0 Å². The van der Waals surface area contributed by atoms with Gasteiger partial charge in [0.25, 0.3) is 0 Å². The summed E-state index contributed by atoms with van der Waals surface area (Å²) < 4.78 is 6.27. The zero-order valence-corrected chi connectivity index (χ0v) is 24.6. The molecule has 0 fully saturated rings. The second kappa shape index (κ2) is 10.9. The maximum absolute atomic E-state index is 7.29. The average molecular weight is 572 g/mol. The summed E-state index contributed by atoms with van der Waals surface area (Å²) in [6, 6.07) is 11.4. The van der Waals surface area contributed by atoms with Gasteiger partial charge in [-0.15, -0.1) is 0 Å². The van der Waals surface area contributed by atoms with Gasteiger partial charge in [0, 0.05) is 0 Å². The van der Waals surface area contributed by atoms with E-state index in [0.717, 1.165) is 11.4 Å². The van der Waals surface area contributed by atoms with Crippen LogP contribution >= 0.6 is 9.53 Å². The number of para-hydroxylation sites is 1. The zero-order chi connectivity index (χ0) is 25.3. The van der Waals surface area contributed by atoms with E-state index in [1.54, 1.807) is 0 Å². The molecule has 0 atom stereocenters. The SMILES string of the molecule is C=C[CH2][Pd-2]([Cl])=[c]1n(Cc2c(C)cc(C)cc2C)c(C)c(C)n1-c1c(C(C)C)cccc1C(C)C. The number of rotatable bonds is 7. The Morgan fingerprint density at radius 1 is 0.912 bits per heavy atom. The Bertz CT molecular complexity index is 1240. The van der Waals surface area contributed by atoms with Crippen molar-refractivity contribution >= 4 is 9.53 Å². The van der Waals surface area contributed by atoms with E-state index in [1.807, 2.05) is 6.08 Å². The minimum atomic E-state index is -1.56. The van der Waals surface area contributed by atoms with Crippen LogP contribution in [0.2, 0.25) is 4.89 Å². The number of aromatic nitrogens is 2. The molecule has 4 heteroatoms. The second-order valence-electron chi connectivity index (χ2n) is 9.98.